The number of carbonyl (C=O) groups excluding carboxylic acids is 1. The van der Waals surface area contributed by atoms with Crippen LogP contribution in [-0.4, -0.2) is 20.7 Å². The number of amides is 1. The van der Waals surface area contributed by atoms with Crippen LogP contribution in [0.3, 0.4) is 0 Å². The fraction of sp³-hybridized carbons (Fsp3) is 0.136. The monoisotopic (exact) mass is 385 g/mol. The van der Waals surface area contributed by atoms with Gasteiger partial charge in [0, 0.05) is 0 Å². The molecule has 144 valence electrons. The number of rotatable bonds is 4. The zero-order valence-corrected chi connectivity index (χ0v) is 15.5. The van der Waals surface area contributed by atoms with Crippen molar-refractivity contribution in [3.8, 4) is 0 Å². The largest absolute Gasteiger partial charge is 0.459 e. The summed E-state index contributed by atoms with van der Waals surface area (Å²) in [6, 6.07) is 23.8. The molecule has 1 amide bonds. The van der Waals surface area contributed by atoms with Crippen molar-refractivity contribution in [2.75, 3.05) is 10.6 Å². The van der Waals surface area contributed by atoms with E-state index in [9.17, 15) is 4.79 Å². The van der Waals surface area contributed by atoms with Gasteiger partial charge in [-0.3, -0.25) is 10.1 Å². The molecule has 7 heteroatoms. The number of nitrogens with one attached hydrogen (secondary N) is 2. The molecule has 2 unspecified atom stereocenters. The maximum absolute atomic E-state index is 12.3. The number of benzene rings is 2. The Hall–Kier alpha value is -3.87. The highest BCUT2D eigenvalue weighted by molar-refractivity contribution is 6.01. The fourth-order valence-corrected chi connectivity index (χ4v) is 3.66. The number of fused-ring (bicyclic) bond motifs is 1. The molecule has 2 atom stereocenters. The molecule has 0 saturated carbocycles. The quantitative estimate of drug-likeness (QED) is 0.548. The zero-order chi connectivity index (χ0) is 19.6. The molecule has 0 aliphatic carbocycles. The molecule has 0 bridgehead atoms. The maximum atomic E-state index is 12.3. The topological polar surface area (TPSA) is 85.0 Å². The summed E-state index contributed by atoms with van der Waals surface area (Å²) in [5.41, 5.74) is 2.33. The minimum absolute atomic E-state index is 0.000536. The Bertz CT molecular complexity index is 1110. The Labute approximate surface area is 167 Å². The molecule has 2 aromatic carbocycles. The lowest BCUT2D eigenvalue weighted by Gasteiger charge is -2.31. The molecule has 0 spiro atoms. The Balaban J connectivity index is 1.49. The minimum Gasteiger partial charge on any atom is -0.459 e. The lowest BCUT2D eigenvalue weighted by Crippen LogP contribution is -2.28. The van der Waals surface area contributed by atoms with Crippen LogP contribution in [0.15, 0.2) is 83.5 Å². The van der Waals surface area contributed by atoms with Crippen molar-refractivity contribution in [3.63, 3.8) is 0 Å². The van der Waals surface area contributed by atoms with Crippen molar-refractivity contribution in [3.05, 3.63) is 95.9 Å². The molecule has 4 aromatic rings. The molecule has 7 nitrogen and oxygen atoms in total. The first kappa shape index (κ1) is 17.2. The highest BCUT2D eigenvalue weighted by atomic mass is 16.3. The summed E-state index contributed by atoms with van der Waals surface area (Å²) in [5, 5.41) is 10.7. The number of anilines is 2. The van der Waals surface area contributed by atoms with Gasteiger partial charge >= 0.3 is 0 Å². The SMILES string of the molecule is O=C(Nc1nc2n(n1)C(c1ccccc1)CC(c1ccccc1)N2)c1ccco1. The fourth-order valence-electron chi connectivity index (χ4n) is 3.66. The normalized spacial score (nSPS) is 17.9. The highest BCUT2D eigenvalue weighted by Crippen LogP contribution is 2.38. The number of nitrogens with zero attached hydrogens (tertiary/aromatic N) is 3. The van der Waals surface area contributed by atoms with Crippen LogP contribution in [0, 0.1) is 0 Å². The van der Waals surface area contributed by atoms with E-state index < -0.39 is 0 Å². The van der Waals surface area contributed by atoms with Crippen molar-refractivity contribution < 1.29 is 9.21 Å². The van der Waals surface area contributed by atoms with Crippen LogP contribution in [0.2, 0.25) is 0 Å². The third kappa shape index (κ3) is 3.38. The van der Waals surface area contributed by atoms with E-state index >= 15 is 0 Å². The second-order valence-electron chi connectivity index (χ2n) is 6.90. The first-order valence-electron chi connectivity index (χ1n) is 9.46. The molecule has 5 rings (SSSR count). The number of furan rings is 1. The maximum Gasteiger partial charge on any atom is 0.293 e. The van der Waals surface area contributed by atoms with E-state index in [2.05, 4.69) is 45.0 Å². The van der Waals surface area contributed by atoms with Crippen molar-refractivity contribution in [2.45, 2.75) is 18.5 Å². The molecular weight excluding hydrogens is 366 g/mol. The summed E-state index contributed by atoms with van der Waals surface area (Å²) in [6.45, 7) is 0. The lowest BCUT2D eigenvalue weighted by molar-refractivity contribution is 0.0995. The first-order valence-corrected chi connectivity index (χ1v) is 9.46. The van der Waals surface area contributed by atoms with Gasteiger partial charge in [0.15, 0.2) is 5.76 Å². The zero-order valence-electron chi connectivity index (χ0n) is 15.5. The molecule has 29 heavy (non-hydrogen) atoms. The van der Waals surface area contributed by atoms with E-state index in [1.807, 2.05) is 41.1 Å². The third-order valence-electron chi connectivity index (χ3n) is 5.05. The predicted octanol–water partition coefficient (Wildman–Crippen LogP) is 4.27. The molecule has 2 aromatic heterocycles. The average molecular weight is 385 g/mol. The summed E-state index contributed by atoms with van der Waals surface area (Å²) < 4.78 is 6.98. The van der Waals surface area contributed by atoms with Crippen molar-refractivity contribution in [1.29, 1.82) is 0 Å². The molecule has 0 fully saturated rings. The highest BCUT2D eigenvalue weighted by Gasteiger charge is 2.31. The smallest absolute Gasteiger partial charge is 0.293 e. The number of carbonyl (C=O) groups is 1. The second kappa shape index (κ2) is 7.27. The minimum atomic E-state index is -0.381. The van der Waals surface area contributed by atoms with Crippen molar-refractivity contribution >= 4 is 17.8 Å². The van der Waals surface area contributed by atoms with Crippen LogP contribution in [0.1, 0.15) is 40.2 Å². The summed E-state index contributed by atoms with van der Waals surface area (Å²) in [7, 11) is 0. The number of aromatic nitrogens is 3. The third-order valence-corrected chi connectivity index (χ3v) is 5.05. The standard InChI is InChI=1S/C22H19N5O2/c28-20(19-12-7-13-29-19)24-21-25-22-23-17(15-8-3-1-4-9-15)14-18(27(22)26-21)16-10-5-2-6-11-16/h1-13,17-18H,14H2,(H2,23,24,25,26,28). The van der Waals surface area contributed by atoms with E-state index in [1.165, 1.54) is 11.8 Å². The van der Waals surface area contributed by atoms with Crippen LogP contribution in [0.4, 0.5) is 11.9 Å². The van der Waals surface area contributed by atoms with E-state index in [0.29, 0.717) is 5.95 Å². The van der Waals surface area contributed by atoms with Crippen LogP contribution >= 0.6 is 0 Å². The Morgan fingerprint density at radius 2 is 1.72 bits per heavy atom. The van der Waals surface area contributed by atoms with E-state index in [-0.39, 0.29) is 29.7 Å². The lowest BCUT2D eigenvalue weighted by atomic mass is 9.93. The van der Waals surface area contributed by atoms with Crippen molar-refractivity contribution in [1.82, 2.24) is 14.8 Å². The van der Waals surface area contributed by atoms with E-state index in [0.717, 1.165) is 12.0 Å². The van der Waals surface area contributed by atoms with Gasteiger partial charge < -0.3 is 9.73 Å². The first-order chi connectivity index (χ1) is 14.3. The average Bonchev–Trinajstić information content (AvgIpc) is 3.44. The van der Waals surface area contributed by atoms with Gasteiger partial charge in [-0.1, -0.05) is 60.7 Å². The van der Waals surface area contributed by atoms with Crippen LogP contribution in [0.25, 0.3) is 0 Å². The van der Waals surface area contributed by atoms with E-state index in [4.69, 9.17) is 4.42 Å². The molecule has 0 radical (unpaired) electrons. The van der Waals surface area contributed by atoms with Crippen LogP contribution in [-0.2, 0) is 0 Å². The van der Waals surface area contributed by atoms with Gasteiger partial charge in [0.05, 0.1) is 18.3 Å². The van der Waals surface area contributed by atoms with Gasteiger partial charge in [-0.25, -0.2) is 4.68 Å². The van der Waals surface area contributed by atoms with Gasteiger partial charge in [0.2, 0.25) is 5.95 Å². The molecule has 1 aliphatic heterocycles. The Morgan fingerprint density at radius 1 is 1.00 bits per heavy atom. The summed E-state index contributed by atoms with van der Waals surface area (Å²) >= 11 is 0. The molecule has 2 N–H and O–H groups in total. The molecule has 1 aliphatic rings. The molecule has 0 saturated heterocycles. The second-order valence-corrected chi connectivity index (χ2v) is 6.90. The Kier molecular flexibility index (Phi) is 4.32. The van der Waals surface area contributed by atoms with Gasteiger partial charge in [-0.05, 0) is 29.7 Å². The van der Waals surface area contributed by atoms with E-state index in [1.54, 1.807) is 12.1 Å². The Morgan fingerprint density at radius 3 is 2.41 bits per heavy atom. The van der Waals surface area contributed by atoms with Crippen LogP contribution in [0.5, 0.6) is 0 Å². The summed E-state index contributed by atoms with van der Waals surface area (Å²) in [6.07, 6.45) is 2.27. The van der Waals surface area contributed by atoms with Gasteiger partial charge in [-0.15, -0.1) is 5.10 Å². The summed E-state index contributed by atoms with van der Waals surface area (Å²) in [5.74, 6) is 0.693. The number of hydrogen-bond acceptors (Lipinski definition) is 5. The van der Waals surface area contributed by atoms with Gasteiger partial charge in [0.1, 0.15) is 0 Å². The van der Waals surface area contributed by atoms with Gasteiger partial charge in [0.25, 0.3) is 11.9 Å². The predicted molar refractivity (Wildman–Crippen MR) is 109 cm³/mol. The van der Waals surface area contributed by atoms with Gasteiger partial charge in [-0.2, -0.15) is 4.98 Å². The van der Waals surface area contributed by atoms with Crippen LogP contribution < -0.4 is 10.6 Å². The summed E-state index contributed by atoms with van der Waals surface area (Å²) in [4.78, 5) is 16.8. The van der Waals surface area contributed by atoms with Crippen molar-refractivity contribution in [2.24, 2.45) is 0 Å². The molecular formula is C22H19N5O2. The molecule has 3 heterocycles. The number of hydrogen-bond donors (Lipinski definition) is 2.